The summed E-state index contributed by atoms with van der Waals surface area (Å²) in [6.45, 7) is 4.29. The molecule has 1 heterocycles. The molecule has 0 aliphatic rings. The van der Waals surface area contributed by atoms with Gasteiger partial charge in [-0.1, -0.05) is 18.3 Å². The number of carbonyl (C=O) groups excluding carboxylic acids is 2. The first-order valence-electron chi connectivity index (χ1n) is 5.78. The number of nitrogens with one attached hydrogen (secondary N) is 2. The van der Waals surface area contributed by atoms with E-state index in [2.05, 4.69) is 15.6 Å². The maximum atomic E-state index is 11.8. The van der Waals surface area contributed by atoms with Crippen molar-refractivity contribution < 1.29 is 9.59 Å². The Bertz CT molecular complexity index is 462. The number of nitrogens with zero attached hydrogens (tertiary/aromatic N) is 1. The van der Waals surface area contributed by atoms with Crippen LogP contribution in [0.25, 0.3) is 0 Å². The summed E-state index contributed by atoms with van der Waals surface area (Å²) in [6, 6.07) is 0. The summed E-state index contributed by atoms with van der Waals surface area (Å²) in [6.07, 6.45) is 0. The molecule has 1 aromatic rings. The summed E-state index contributed by atoms with van der Waals surface area (Å²) < 4.78 is 0.898. The molecule has 0 aliphatic carbocycles. The predicted octanol–water partition coefficient (Wildman–Crippen LogP) is 0.823. The van der Waals surface area contributed by atoms with E-state index < -0.39 is 0 Å². The number of aromatic nitrogens is 1. The summed E-state index contributed by atoms with van der Waals surface area (Å²) in [7, 11) is 1.80. The molecule has 4 N–H and O–H groups in total. The van der Waals surface area contributed by atoms with Gasteiger partial charge in [-0.2, -0.15) is 0 Å². The highest BCUT2D eigenvalue weighted by molar-refractivity contribution is 8.01. The molecule has 0 radical (unpaired) electrons. The van der Waals surface area contributed by atoms with Gasteiger partial charge >= 0.3 is 0 Å². The third-order valence-corrected chi connectivity index (χ3v) is 4.75. The number of thiazole rings is 1. The Kier molecular flexibility index (Phi) is 6.26. The van der Waals surface area contributed by atoms with Gasteiger partial charge in [0, 0.05) is 12.5 Å². The average molecular weight is 302 g/mol. The number of thioether (sulfide) groups is 1. The minimum atomic E-state index is -0.369. The van der Waals surface area contributed by atoms with Crippen molar-refractivity contribution in [3.8, 4) is 0 Å². The van der Waals surface area contributed by atoms with E-state index >= 15 is 0 Å². The van der Waals surface area contributed by atoms with Gasteiger partial charge in [-0.05, 0) is 14.0 Å². The lowest BCUT2D eigenvalue weighted by atomic mass is 10.2. The molecule has 19 heavy (non-hydrogen) atoms. The molecule has 1 rings (SSSR count). The second-order valence-corrected chi connectivity index (χ2v) is 6.34. The number of nitrogens with two attached hydrogens (primary N) is 1. The molecule has 1 atom stereocenters. The monoisotopic (exact) mass is 302 g/mol. The molecule has 0 saturated heterocycles. The molecule has 8 heteroatoms. The van der Waals surface area contributed by atoms with Gasteiger partial charge in [-0.25, -0.2) is 4.98 Å². The largest absolute Gasteiger partial charge is 0.369 e. The molecule has 106 valence electrons. The zero-order valence-electron chi connectivity index (χ0n) is 11.1. The highest BCUT2D eigenvalue weighted by atomic mass is 32.2. The lowest BCUT2D eigenvalue weighted by Gasteiger charge is -2.09. The Labute approximate surface area is 120 Å². The van der Waals surface area contributed by atoms with E-state index in [1.54, 1.807) is 7.05 Å². The topological polar surface area (TPSA) is 97.1 Å². The lowest BCUT2D eigenvalue weighted by Crippen LogP contribution is -2.28. The van der Waals surface area contributed by atoms with Crippen LogP contribution in [0.3, 0.4) is 0 Å². The van der Waals surface area contributed by atoms with E-state index in [1.807, 2.05) is 13.8 Å². The Morgan fingerprint density at radius 2 is 2.21 bits per heavy atom. The van der Waals surface area contributed by atoms with Crippen LogP contribution >= 0.6 is 23.1 Å². The van der Waals surface area contributed by atoms with Crippen molar-refractivity contribution in [1.82, 2.24) is 10.3 Å². The van der Waals surface area contributed by atoms with Gasteiger partial charge in [0.05, 0.1) is 15.7 Å². The average Bonchev–Trinajstić information content (AvgIpc) is 2.67. The van der Waals surface area contributed by atoms with Crippen molar-refractivity contribution in [3.05, 3.63) is 5.69 Å². The van der Waals surface area contributed by atoms with Crippen LogP contribution in [0.15, 0.2) is 4.21 Å². The lowest BCUT2D eigenvalue weighted by molar-refractivity contribution is -0.119. The fraction of sp³-hybridized carbons (Fsp3) is 0.545. The highest BCUT2D eigenvalue weighted by Gasteiger charge is 2.15. The number of hydrogen-bond acceptors (Lipinski definition) is 6. The summed E-state index contributed by atoms with van der Waals surface area (Å²) >= 11 is 2.70. The molecule has 6 nitrogen and oxygen atoms in total. The second-order valence-electron chi connectivity index (χ2n) is 4.09. The van der Waals surface area contributed by atoms with Crippen LogP contribution in [0.4, 0.5) is 5.13 Å². The van der Waals surface area contributed by atoms with Crippen LogP contribution in [0.5, 0.6) is 0 Å². The Morgan fingerprint density at radius 1 is 1.53 bits per heavy atom. The molecule has 0 spiro atoms. The van der Waals surface area contributed by atoms with Gasteiger partial charge in [0.15, 0.2) is 5.13 Å². The first kappa shape index (κ1) is 15.9. The van der Waals surface area contributed by atoms with E-state index in [-0.39, 0.29) is 23.5 Å². The molecule has 0 aliphatic heterocycles. The van der Waals surface area contributed by atoms with Crippen molar-refractivity contribution in [2.24, 2.45) is 11.7 Å². The third kappa shape index (κ3) is 5.17. The van der Waals surface area contributed by atoms with Gasteiger partial charge in [-0.15, -0.1) is 11.8 Å². The van der Waals surface area contributed by atoms with Crippen molar-refractivity contribution in [3.63, 3.8) is 0 Å². The first-order chi connectivity index (χ1) is 8.93. The standard InChI is InChI=1S/C11H18N4O2S2/c1-6(4-13-3)9(17)15-11-14-7(2)10(19-11)18-5-8(12)16/h6,13H,4-5H2,1-3H3,(H2,12,16)(H,14,15,17). The molecular formula is C11H18N4O2S2. The molecule has 0 fully saturated rings. The van der Waals surface area contributed by atoms with E-state index in [4.69, 9.17) is 5.73 Å². The SMILES string of the molecule is CNCC(C)C(=O)Nc1nc(C)c(SCC(N)=O)s1. The predicted molar refractivity (Wildman–Crippen MR) is 78.5 cm³/mol. The van der Waals surface area contributed by atoms with Crippen LogP contribution in [0.2, 0.25) is 0 Å². The van der Waals surface area contributed by atoms with Gasteiger partial charge in [0.25, 0.3) is 0 Å². The Hall–Kier alpha value is -1.12. The molecular weight excluding hydrogens is 284 g/mol. The van der Waals surface area contributed by atoms with Gasteiger partial charge in [0.2, 0.25) is 11.8 Å². The van der Waals surface area contributed by atoms with Gasteiger partial charge in [0.1, 0.15) is 0 Å². The van der Waals surface area contributed by atoms with Crippen LogP contribution in [0, 0.1) is 12.8 Å². The minimum Gasteiger partial charge on any atom is -0.369 e. The Morgan fingerprint density at radius 3 is 2.79 bits per heavy atom. The van der Waals surface area contributed by atoms with Crippen LogP contribution in [-0.2, 0) is 9.59 Å². The number of hydrogen-bond donors (Lipinski definition) is 3. The maximum Gasteiger partial charge on any atom is 0.230 e. The van der Waals surface area contributed by atoms with E-state index in [0.717, 1.165) is 9.90 Å². The fourth-order valence-corrected chi connectivity index (χ4v) is 3.21. The highest BCUT2D eigenvalue weighted by Crippen LogP contribution is 2.31. The van der Waals surface area contributed by atoms with E-state index in [0.29, 0.717) is 11.7 Å². The van der Waals surface area contributed by atoms with Crippen molar-refractivity contribution in [2.45, 2.75) is 18.1 Å². The minimum absolute atomic E-state index is 0.0745. The summed E-state index contributed by atoms with van der Waals surface area (Å²) in [4.78, 5) is 26.8. The third-order valence-electron chi connectivity index (χ3n) is 2.29. The van der Waals surface area contributed by atoms with Gasteiger partial charge in [-0.3, -0.25) is 9.59 Å². The quantitative estimate of drug-likeness (QED) is 0.648. The van der Waals surface area contributed by atoms with Crippen LogP contribution in [-0.4, -0.2) is 36.1 Å². The number of amides is 2. The summed E-state index contributed by atoms with van der Waals surface area (Å²) in [5.74, 6) is -0.358. The van der Waals surface area contributed by atoms with Crippen LogP contribution in [0.1, 0.15) is 12.6 Å². The smallest absolute Gasteiger partial charge is 0.230 e. The normalized spacial score (nSPS) is 12.2. The zero-order chi connectivity index (χ0) is 14.4. The molecule has 1 aromatic heterocycles. The maximum absolute atomic E-state index is 11.8. The van der Waals surface area contributed by atoms with E-state index in [1.165, 1.54) is 23.1 Å². The number of primary amides is 1. The molecule has 2 amide bonds. The molecule has 1 unspecified atom stereocenters. The van der Waals surface area contributed by atoms with Crippen molar-refractivity contribution in [2.75, 3.05) is 24.7 Å². The number of anilines is 1. The van der Waals surface area contributed by atoms with E-state index in [9.17, 15) is 9.59 Å². The zero-order valence-corrected chi connectivity index (χ0v) is 12.8. The number of aryl methyl sites for hydroxylation is 1. The van der Waals surface area contributed by atoms with Crippen LogP contribution < -0.4 is 16.4 Å². The summed E-state index contributed by atoms with van der Waals surface area (Å²) in [5.41, 5.74) is 5.90. The Balaban J connectivity index is 2.62. The molecule has 0 aromatic carbocycles. The van der Waals surface area contributed by atoms with Gasteiger partial charge < -0.3 is 16.4 Å². The number of rotatable bonds is 7. The first-order valence-corrected chi connectivity index (χ1v) is 7.58. The fourth-order valence-electron chi connectivity index (χ4n) is 1.33. The second kappa shape index (κ2) is 7.46. The molecule has 0 saturated carbocycles. The van der Waals surface area contributed by atoms with Crippen molar-refractivity contribution >= 4 is 40.0 Å². The molecule has 0 bridgehead atoms. The summed E-state index contributed by atoms with van der Waals surface area (Å²) in [5, 5.41) is 6.28. The number of carbonyl (C=O) groups is 2. The van der Waals surface area contributed by atoms with Crippen molar-refractivity contribution in [1.29, 1.82) is 0 Å².